The first-order valence-electron chi connectivity index (χ1n) is 11.2. The third-order valence-corrected chi connectivity index (χ3v) is 10.1. The monoisotopic (exact) mass is 503 g/mol. The Balaban J connectivity index is 1.90. The minimum atomic E-state index is -0.642. The minimum Gasteiger partial charge on any atom is -0.462 e. The van der Waals surface area contributed by atoms with Crippen molar-refractivity contribution in [2.24, 2.45) is 0 Å². The zero-order chi connectivity index (χ0) is 23.8. The highest BCUT2D eigenvalue weighted by Gasteiger charge is 2.52. The number of fused-ring (bicyclic) bond motifs is 3. The fourth-order valence-corrected chi connectivity index (χ4v) is 8.83. The maximum absolute atomic E-state index is 12.9. The summed E-state index contributed by atoms with van der Waals surface area (Å²) in [5, 5.41) is 1.87. The van der Waals surface area contributed by atoms with Crippen LogP contribution in [0.15, 0.2) is 50.5 Å². The van der Waals surface area contributed by atoms with Crippen LogP contribution in [-0.2, 0) is 19.1 Å². The van der Waals surface area contributed by atoms with Crippen LogP contribution in [-0.4, -0.2) is 41.3 Å². The lowest BCUT2D eigenvalue weighted by molar-refractivity contribution is -0.138. The molecule has 0 aliphatic carbocycles. The number of hydrogen-bond donors (Lipinski definition) is 0. The Morgan fingerprint density at radius 3 is 2.33 bits per heavy atom. The molecule has 0 saturated carbocycles. The van der Waals surface area contributed by atoms with E-state index in [1.807, 2.05) is 18.4 Å². The van der Waals surface area contributed by atoms with E-state index in [9.17, 15) is 9.59 Å². The van der Waals surface area contributed by atoms with Crippen molar-refractivity contribution >= 4 is 58.5 Å². The summed E-state index contributed by atoms with van der Waals surface area (Å²) < 4.78 is 10.0. The Morgan fingerprint density at radius 1 is 1.00 bits per heavy atom. The smallest absolute Gasteiger partial charge is 0.345 e. The van der Waals surface area contributed by atoms with Crippen LogP contribution in [0.4, 0.5) is 5.69 Å². The van der Waals surface area contributed by atoms with E-state index in [4.69, 9.17) is 9.47 Å². The van der Waals surface area contributed by atoms with Crippen LogP contribution in [0.1, 0.15) is 46.6 Å². The third-order valence-electron chi connectivity index (χ3n) is 5.81. The molecular weight excluding hydrogens is 474 g/mol. The van der Waals surface area contributed by atoms with E-state index in [1.54, 1.807) is 18.7 Å². The predicted molar refractivity (Wildman–Crippen MR) is 140 cm³/mol. The van der Waals surface area contributed by atoms with Gasteiger partial charge in [0.05, 0.1) is 23.7 Å². The van der Waals surface area contributed by atoms with Crippen molar-refractivity contribution in [1.82, 2.24) is 0 Å². The molecule has 3 heterocycles. The average Bonchev–Trinajstić information content (AvgIpc) is 3.21. The lowest BCUT2D eigenvalue weighted by Crippen LogP contribution is -2.50. The van der Waals surface area contributed by atoms with E-state index in [-0.39, 0.29) is 17.5 Å². The SMILES string of the molecule is CCCN1c2ccccc2C2=C(SC(C(=O)OCC)=C[C@@]23SC=C(C(=O)OCC)S3)C1(C)C. The van der Waals surface area contributed by atoms with Crippen molar-refractivity contribution in [3.63, 3.8) is 0 Å². The second kappa shape index (κ2) is 9.47. The van der Waals surface area contributed by atoms with E-state index >= 15 is 0 Å². The molecule has 0 fully saturated rings. The molecule has 0 unspecified atom stereocenters. The first kappa shape index (κ1) is 24.4. The molecule has 8 heteroatoms. The summed E-state index contributed by atoms with van der Waals surface area (Å²) in [6.07, 6.45) is 2.99. The van der Waals surface area contributed by atoms with Crippen LogP contribution in [0, 0.1) is 0 Å². The van der Waals surface area contributed by atoms with Crippen molar-refractivity contribution in [3.05, 3.63) is 56.0 Å². The second-order valence-corrected chi connectivity index (χ2v) is 12.1. The van der Waals surface area contributed by atoms with Crippen molar-refractivity contribution in [2.45, 2.75) is 50.7 Å². The summed E-state index contributed by atoms with van der Waals surface area (Å²) in [5.74, 6) is -0.648. The number of carbonyl (C=O) groups is 2. The maximum atomic E-state index is 12.9. The highest BCUT2D eigenvalue weighted by Crippen LogP contribution is 2.66. The second-order valence-electron chi connectivity index (χ2n) is 8.35. The van der Waals surface area contributed by atoms with Gasteiger partial charge in [0.1, 0.15) is 8.98 Å². The molecule has 0 bridgehead atoms. The molecule has 1 atom stereocenters. The van der Waals surface area contributed by atoms with Crippen molar-refractivity contribution in [1.29, 1.82) is 0 Å². The van der Waals surface area contributed by atoms with Crippen molar-refractivity contribution in [3.8, 4) is 0 Å². The van der Waals surface area contributed by atoms with E-state index in [0.717, 1.165) is 29.0 Å². The van der Waals surface area contributed by atoms with Crippen LogP contribution in [0.5, 0.6) is 0 Å². The number of nitrogens with zero attached hydrogens (tertiary/aromatic N) is 1. The summed E-state index contributed by atoms with van der Waals surface area (Å²) in [6.45, 7) is 11.8. The number of rotatable bonds is 6. The van der Waals surface area contributed by atoms with Gasteiger partial charge >= 0.3 is 11.9 Å². The van der Waals surface area contributed by atoms with Gasteiger partial charge in [0, 0.05) is 28.3 Å². The lowest BCUT2D eigenvalue weighted by atomic mass is 9.85. The van der Waals surface area contributed by atoms with Crippen LogP contribution >= 0.6 is 35.3 Å². The fraction of sp³-hybridized carbons (Fsp3) is 0.440. The summed E-state index contributed by atoms with van der Waals surface area (Å²) in [7, 11) is 0. The van der Waals surface area contributed by atoms with Gasteiger partial charge in [0.15, 0.2) is 0 Å². The highest BCUT2D eigenvalue weighted by atomic mass is 32.2. The molecule has 4 rings (SSSR count). The number of thioether (sulfide) groups is 3. The Bertz CT molecular complexity index is 1080. The van der Waals surface area contributed by atoms with Crippen molar-refractivity contribution in [2.75, 3.05) is 24.7 Å². The van der Waals surface area contributed by atoms with E-state index < -0.39 is 4.08 Å². The fourth-order valence-electron chi connectivity index (χ4n) is 4.42. The topological polar surface area (TPSA) is 55.8 Å². The molecule has 0 radical (unpaired) electrons. The number of carbonyl (C=O) groups excluding carboxylic acids is 2. The number of anilines is 1. The highest BCUT2D eigenvalue weighted by molar-refractivity contribution is 8.25. The predicted octanol–water partition coefficient (Wildman–Crippen LogP) is 6.18. The first-order chi connectivity index (χ1) is 15.8. The zero-order valence-corrected chi connectivity index (χ0v) is 22.0. The van der Waals surface area contributed by atoms with Gasteiger partial charge in [-0.2, -0.15) is 0 Å². The molecule has 1 aromatic rings. The summed E-state index contributed by atoms with van der Waals surface area (Å²) >= 11 is 4.52. The maximum Gasteiger partial charge on any atom is 0.345 e. The molecule has 0 amide bonds. The molecule has 0 N–H and O–H groups in total. The number of ether oxygens (including phenoxy) is 2. The molecule has 33 heavy (non-hydrogen) atoms. The Kier molecular flexibility index (Phi) is 6.99. The van der Waals surface area contributed by atoms with Crippen LogP contribution in [0.25, 0.3) is 5.57 Å². The van der Waals surface area contributed by atoms with Crippen LogP contribution in [0.3, 0.4) is 0 Å². The van der Waals surface area contributed by atoms with Gasteiger partial charge in [-0.1, -0.05) is 48.6 Å². The number of esters is 2. The molecule has 3 aliphatic rings. The summed E-state index contributed by atoms with van der Waals surface area (Å²) in [5.41, 5.74) is 3.14. The standard InChI is InChI=1S/C25H29NO4S3/c1-6-13-26-17-12-10-9-11-16(17)20-21(24(26,4)5)32-18(22(27)29-7-2)14-25(20)31-15-19(33-25)23(28)30-8-3/h9-12,14-15H,6-8,13H2,1-5H3/t25-/m0/s1. The van der Waals surface area contributed by atoms with Crippen LogP contribution in [0.2, 0.25) is 0 Å². The van der Waals surface area contributed by atoms with Crippen LogP contribution < -0.4 is 4.90 Å². The number of para-hydroxylation sites is 1. The van der Waals surface area contributed by atoms with Gasteiger partial charge in [-0.15, -0.1) is 11.8 Å². The molecule has 3 aliphatic heterocycles. The molecule has 176 valence electrons. The molecule has 1 spiro atoms. The molecule has 0 saturated heterocycles. The van der Waals surface area contributed by atoms with Gasteiger partial charge in [0.25, 0.3) is 0 Å². The van der Waals surface area contributed by atoms with Gasteiger partial charge in [0.2, 0.25) is 0 Å². The zero-order valence-electron chi connectivity index (χ0n) is 19.6. The van der Waals surface area contributed by atoms with E-state index in [1.165, 1.54) is 29.2 Å². The molecule has 0 aromatic heterocycles. The van der Waals surface area contributed by atoms with Gasteiger partial charge < -0.3 is 14.4 Å². The van der Waals surface area contributed by atoms with E-state index in [2.05, 4.69) is 49.9 Å². The van der Waals surface area contributed by atoms with Gasteiger partial charge in [-0.05, 0) is 51.7 Å². The lowest BCUT2D eigenvalue weighted by Gasteiger charge is -2.51. The number of hydrogen-bond acceptors (Lipinski definition) is 8. The van der Waals surface area contributed by atoms with E-state index in [0.29, 0.717) is 23.0 Å². The Hall–Kier alpha value is -1.77. The molecule has 1 aromatic carbocycles. The average molecular weight is 504 g/mol. The Morgan fingerprint density at radius 2 is 1.67 bits per heavy atom. The van der Waals surface area contributed by atoms with Crippen molar-refractivity contribution < 1.29 is 19.1 Å². The summed E-state index contributed by atoms with van der Waals surface area (Å²) in [4.78, 5) is 30.2. The number of benzene rings is 1. The Labute approximate surface area is 208 Å². The normalized spacial score (nSPS) is 23.0. The molecule has 5 nitrogen and oxygen atoms in total. The van der Waals surface area contributed by atoms with Gasteiger partial charge in [-0.3, -0.25) is 0 Å². The molecular formula is C25H29NO4S3. The third kappa shape index (κ3) is 4.15. The van der Waals surface area contributed by atoms with Gasteiger partial charge in [-0.25, -0.2) is 9.59 Å². The minimum absolute atomic E-state index is 0.316. The first-order valence-corrected chi connectivity index (χ1v) is 13.7. The quantitative estimate of drug-likeness (QED) is 0.427. The largest absolute Gasteiger partial charge is 0.462 e. The summed E-state index contributed by atoms with van der Waals surface area (Å²) in [6, 6.07) is 8.45.